The Balaban J connectivity index is 1.59. The van der Waals surface area contributed by atoms with Crippen LogP contribution in [0.5, 0.6) is 0 Å². The molecule has 0 aromatic heterocycles. The van der Waals surface area contributed by atoms with Gasteiger partial charge in [-0.05, 0) is 48.9 Å². The number of halogens is 1. The summed E-state index contributed by atoms with van der Waals surface area (Å²) in [6.45, 7) is 2.01. The molecule has 2 N–H and O–H groups in total. The van der Waals surface area contributed by atoms with E-state index >= 15 is 0 Å². The second-order valence-electron chi connectivity index (χ2n) is 5.89. The van der Waals surface area contributed by atoms with Crippen LogP contribution in [-0.2, 0) is 11.2 Å². The third kappa shape index (κ3) is 4.67. The fourth-order valence-electron chi connectivity index (χ4n) is 2.45. The molecule has 0 saturated carbocycles. The molecule has 0 fully saturated rings. The van der Waals surface area contributed by atoms with E-state index in [2.05, 4.69) is 10.6 Å². The van der Waals surface area contributed by atoms with Gasteiger partial charge in [-0.25, -0.2) is 4.39 Å². The highest BCUT2D eigenvalue weighted by Gasteiger charge is 2.05. The molecule has 0 radical (unpaired) electrons. The number of nitrogens with one attached hydrogen (secondary N) is 2. The van der Waals surface area contributed by atoms with E-state index in [0.29, 0.717) is 17.8 Å². The molecule has 0 aliphatic carbocycles. The Morgan fingerprint density at radius 1 is 0.880 bits per heavy atom. The van der Waals surface area contributed by atoms with E-state index in [9.17, 15) is 9.18 Å². The van der Waals surface area contributed by atoms with Gasteiger partial charge in [0, 0.05) is 11.4 Å². The van der Waals surface area contributed by atoms with Crippen LogP contribution in [0, 0.1) is 12.7 Å². The number of hydrogen-bond donors (Lipinski definition) is 2. The second-order valence-corrected chi connectivity index (χ2v) is 5.89. The van der Waals surface area contributed by atoms with Crippen LogP contribution in [0.2, 0.25) is 0 Å². The second kappa shape index (κ2) is 7.62. The van der Waals surface area contributed by atoms with Gasteiger partial charge in [0.25, 0.3) is 0 Å². The highest BCUT2D eigenvalue weighted by atomic mass is 19.1. The Bertz CT molecular complexity index is 858. The van der Waals surface area contributed by atoms with Crippen LogP contribution in [0.1, 0.15) is 11.1 Å². The molecule has 3 nitrogen and oxygen atoms in total. The maximum Gasteiger partial charge on any atom is 0.228 e. The fraction of sp³-hybridized carbons (Fsp3) is 0.0952. The largest absolute Gasteiger partial charge is 0.353 e. The number of amides is 1. The van der Waals surface area contributed by atoms with Gasteiger partial charge in [-0.15, -0.1) is 0 Å². The molecule has 25 heavy (non-hydrogen) atoms. The minimum atomic E-state index is -0.307. The van der Waals surface area contributed by atoms with Gasteiger partial charge in [-0.3, -0.25) is 4.79 Å². The first-order valence-corrected chi connectivity index (χ1v) is 8.07. The van der Waals surface area contributed by atoms with E-state index in [1.807, 2.05) is 31.2 Å². The Labute approximate surface area is 146 Å². The number of rotatable bonds is 5. The minimum Gasteiger partial charge on any atom is -0.353 e. The summed E-state index contributed by atoms with van der Waals surface area (Å²) >= 11 is 0. The molecule has 126 valence electrons. The topological polar surface area (TPSA) is 41.1 Å². The summed E-state index contributed by atoms with van der Waals surface area (Å²) in [7, 11) is 0. The standard InChI is InChI=1S/C21H19FN2O/c1-15-6-8-16(9-7-15)14-21(25)24-18-12-10-17(11-13-18)23-20-5-3-2-4-19(20)22/h2-13,23H,14H2,1H3,(H,24,25). The lowest BCUT2D eigenvalue weighted by atomic mass is 10.1. The minimum absolute atomic E-state index is 0.0707. The van der Waals surface area contributed by atoms with Crippen molar-refractivity contribution in [2.75, 3.05) is 10.6 Å². The number of para-hydroxylation sites is 1. The third-order valence-corrected chi connectivity index (χ3v) is 3.81. The van der Waals surface area contributed by atoms with Crippen molar-refractivity contribution in [3.8, 4) is 0 Å². The average Bonchev–Trinajstić information content (AvgIpc) is 2.61. The van der Waals surface area contributed by atoms with E-state index in [0.717, 1.165) is 11.3 Å². The van der Waals surface area contributed by atoms with Gasteiger partial charge >= 0.3 is 0 Å². The van der Waals surface area contributed by atoms with Gasteiger partial charge in [-0.2, -0.15) is 0 Å². The molecule has 1 amide bonds. The molecular formula is C21H19FN2O. The Hall–Kier alpha value is -3.14. The van der Waals surface area contributed by atoms with Crippen molar-refractivity contribution in [2.45, 2.75) is 13.3 Å². The Morgan fingerprint density at radius 2 is 1.52 bits per heavy atom. The van der Waals surface area contributed by atoms with Crippen LogP contribution in [0.15, 0.2) is 72.8 Å². The van der Waals surface area contributed by atoms with Crippen molar-refractivity contribution < 1.29 is 9.18 Å². The fourth-order valence-corrected chi connectivity index (χ4v) is 2.45. The van der Waals surface area contributed by atoms with Crippen molar-refractivity contribution >= 4 is 23.0 Å². The first-order chi connectivity index (χ1) is 12.1. The summed E-state index contributed by atoms with van der Waals surface area (Å²) in [5, 5.41) is 5.88. The molecule has 0 heterocycles. The summed E-state index contributed by atoms with van der Waals surface area (Å²) in [5.41, 5.74) is 4.01. The highest BCUT2D eigenvalue weighted by molar-refractivity contribution is 5.92. The number of anilines is 3. The summed E-state index contributed by atoms with van der Waals surface area (Å²) in [4.78, 5) is 12.1. The van der Waals surface area contributed by atoms with Gasteiger partial charge in [0.05, 0.1) is 12.1 Å². The molecule has 3 rings (SSSR count). The lowest BCUT2D eigenvalue weighted by Crippen LogP contribution is -2.14. The predicted molar refractivity (Wildman–Crippen MR) is 99.6 cm³/mol. The first-order valence-electron chi connectivity index (χ1n) is 8.07. The molecular weight excluding hydrogens is 315 g/mol. The van der Waals surface area contributed by atoms with Gasteiger partial charge in [0.2, 0.25) is 5.91 Å². The van der Waals surface area contributed by atoms with Crippen molar-refractivity contribution in [1.29, 1.82) is 0 Å². The van der Waals surface area contributed by atoms with Gasteiger partial charge in [0.1, 0.15) is 5.82 Å². The van der Waals surface area contributed by atoms with Crippen molar-refractivity contribution in [3.63, 3.8) is 0 Å². The third-order valence-electron chi connectivity index (χ3n) is 3.81. The monoisotopic (exact) mass is 334 g/mol. The Morgan fingerprint density at radius 3 is 2.20 bits per heavy atom. The van der Waals surface area contributed by atoms with Crippen LogP contribution in [0.25, 0.3) is 0 Å². The predicted octanol–water partition coefficient (Wildman–Crippen LogP) is 5.06. The molecule has 4 heteroatoms. The summed E-state index contributed by atoms with van der Waals surface area (Å²) < 4.78 is 13.6. The number of aryl methyl sites for hydroxylation is 1. The van der Waals surface area contributed by atoms with Crippen molar-refractivity contribution in [1.82, 2.24) is 0 Å². The zero-order valence-electron chi connectivity index (χ0n) is 13.9. The van der Waals surface area contributed by atoms with Gasteiger partial charge < -0.3 is 10.6 Å². The summed E-state index contributed by atoms with van der Waals surface area (Å²) in [5.74, 6) is -0.378. The molecule has 0 bridgehead atoms. The number of hydrogen-bond acceptors (Lipinski definition) is 2. The molecule has 0 atom stereocenters. The van der Waals surface area contributed by atoms with Crippen LogP contribution >= 0.6 is 0 Å². The number of carbonyl (C=O) groups excluding carboxylic acids is 1. The smallest absolute Gasteiger partial charge is 0.228 e. The zero-order chi connectivity index (χ0) is 17.6. The summed E-state index contributed by atoms with van der Waals surface area (Å²) in [6.07, 6.45) is 0.329. The SMILES string of the molecule is Cc1ccc(CC(=O)Nc2ccc(Nc3ccccc3F)cc2)cc1. The maximum absolute atomic E-state index is 13.6. The van der Waals surface area contributed by atoms with Crippen molar-refractivity contribution in [3.05, 3.63) is 89.7 Å². The zero-order valence-corrected chi connectivity index (χ0v) is 13.9. The average molecular weight is 334 g/mol. The quantitative estimate of drug-likeness (QED) is 0.685. The highest BCUT2D eigenvalue weighted by Crippen LogP contribution is 2.21. The van der Waals surface area contributed by atoms with Gasteiger partial charge in [0.15, 0.2) is 0 Å². The van der Waals surface area contributed by atoms with Crippen LogP contribution < -0.4 is 10.6 Å². The number of benzene rings is 3. The van der Waals surface area contributed by atoms with Gasteiger partial charge in [-0.1, -0.05) is 42.0 Å². The van der Waals surface area contributed by atoms with E-state index < -0.39 is 0 Å². The lowest BCUT2D eigenvalue weighted by molar-refractivity contribution is -0.115. The van der Waals surface area contributed by atoms with E-state index in [1.54, 1.807) is 42.5 Å². The van der Waals surface area contributed by atoms with E-state index in [-0.39, 0.29) is 11.7 Å². The molecule has 0 aliphatic rings. The van der Waals surface area contributed by atoms with Crippen LogP contribution in [0.4, 0.5) is 21.5 Å². The number of carbonyl (C=O) groups is 1. The molecule has 3 aromatic rings. The molecule has 0 aliphatic heterocycles. The molecule has 0 saturated heterocycles. The summed E-state index contributed by atoms with van der Waals surface area (Å²) in [6, 6.07) is 21.6. The van der Waals surface area contributed by atoms with E-state index in [1.165, 1.54) is 11.6 Å². The maximum atomic E-state index is 13.6. The van der Waals surface area contributed by atoms with Crippen LogP contribution in [-0.4, -0.2) is 5.91 Å². The molecule has 0 spiro atoms. The van der Waals surface area contributed by atoms with Crippen LogP contribution in [0.3, 0.4) is 0 Å². The molecule has 0 unspecified atom stereocenters. The van der Waals surface area contributed by atoms with Crippen molar-refractivity contribution in [2.24, 2.45) is 0 Å². The van der Waals surface area contributed by atoms with E-state index in [4.69, 9.17) is 0 Å². The Kier molecular flexibility index (Phi) is 5.09. The first kappa shape index (κ1) is 16.7. The normalized spacial score (nSPS) is 10.3. The molecule has 3 aromatic carbocycles. The lowest BCUT2D eigenvalue weighted by Gasteiger charge is -2.09.